The van der Waals surface area contributed by atoms with Crippen molar-refractivity contribution < 1.29 is 44.1 Å². The number of likely N-dealkylation sites (N-methyl/N-ethyl adjacent to an activating group) is 1. The van der Waals surface area contributed by atoms with Crippen LogP contribution in [0.2, 0.25) is 0 Å². The van der Waals surface area contributed by atoms with E-state index in [9.17, 15) is 33.9 Å². The van der Waals surface area contributed by atoms with Crippen LogP contribution in [0.3, 0.4) is 0 Å². The number of rotatable bonds is 15. The molecule has 0 rings (SSSR count). The molecule has 0 fully saturated rings. The molecule has 12 heteroatoms. The molecule has 0 aliphatic heterocycles. The normalized spacial score (nSPS) is 13.6. The van der Waals surface area contributed by atoms with Crippen molar-refractivity contribution >= 4 is 35.5 Å². The number of hydrogen-bond acceptors (Lipinski definition) is 7. The highest BCUT2D eigenvalue weighted by Crippen LogP contribution is 2.04. The van der Waals surface area contributed by atoms with Crippen LogP contribution in [-0.2, 0) is 28.8 Å². The molecule has 0 aromatic rings. The third-order valence-electron chi connectivity index (χ3n) is 4.02. The fraction of sp³-hybridized carbons (Fsp3) is 0.647. The number of aliphatic carboxylic acids is 3. The molecule has 2 amide bonds. The summed E-state index contributed by atoms with van der Waals surface area (Å²) in [6.07, 6.45) is -1.07. The van der Waals surface area contributed by atoms with E-state index in [4.69, 9.17) is 10.2 Å². The third-order valence-corrected chi connectivity index (χ3v) is 4.02. The van der Waals surface area contributed by atoms with E-state index in [2.05, 4.69) is 16.0 Å². The van der Waals surface area contributed by atoms with Gasteiger partial charge in [0.05, 0.1) is 0 Å². The minimum absolute atomic E-state index is 0.0327. The summed E-state index contributed by atoms with van der Waals surface area (Å²) in [4.78, 5) is 68.0. The van der Waals surface area contributed by atoms with Gasteiger partial charge in [-0.25, -0.2) is 9.59 Å². The van der Waals surface area contributed by atoms with Crippen molar-refractivity contribution in [2.24, 2.45) is 0 Å². The average Bonchev–Trinajstić information content (AvgIpc) is 2.61. The Labute approximate surface area is 167 Å². The summed E-state index contributed by atoms with van der Waals surface area (Å²) in [6.45, 7) is 1.29. The molecule has 0 unspecified atom stereocenters. The number of nitrogens with one attached hydrogen (secondary N) is 3. The predicted octanol–water partition coefficient (Wildman–Crippen LogP) is -1.27. The van der Waals surface area contributed by atoms with E-state index in [0.717, 1.165) is 0 Å². The van der Waals surface area contributed by atoms with Gasteiger partial charge in [-0.15, -0.1) is 0 Å². The van der Waals surface area contributed by atoms with Crippen LogP contribution in [0.15, 0.2) is 0 Å². The monoisotopic (exact) mass is 417 g/mol. The quantitative estimate of drug-likeness (QED) is 0.187. The lowest BCUT2D eigenvalue weighted by molar-refractivity contribution is -0.143. The molecule has 29 heavy (non-hydrogen) atoms. The van der Waals surface area contributed by atoms with E-state index in [1.165, 1.54) is 14.0 Å². The van der Waals surface area contributed by atoms with Crippen LogP contribution in [0.4, 0.5) is 0 Å². The van der Waals surface area contributed by atoms with Crippen LogP contribution in [0.25, 0.3) is 0 Å². The lowest BCUT2D eigenvalue weighted by atomic mass is 10.1. The molecule has 0 heterocycles. The van der Waals surface area contributed by atoms with Crippen molar-refractivity contribution in [3.63, 3.8) is 0 Å². The maximum absolute atomic E-state index is 11.9. The Kier molecular flexibility index (Phi) is 11.8. The van der Waals surface area contributed by atoms with Crippen LogP contribution in [-0.4, -0.2) is 76.0 Å². The van der Waals surface area contributed by atoms with Crippen molar-refractivity contribution in [2.45, 2.75) is 63.6 Å². The lowest BCUT2D eigenvalue weighted by Crippen LogP contribution is -2.44. The number of carbonyl (C=O) groups is 6. The summed E-state index contributed by atoms with van der Waals surface area (Å²) in [7, 11) is 1.41. The molecule has 0 spiro atoms. The zero-order valence-corrected chi connectivity index (χ0v) is 16.3. The summed E-state index contributed by atoms with van der Waals surface area (Å²) in [5.74, 6) is -5.51. The first-order valence-corrected chi connectivity index (χ1v) is 8.91. The number of carboxylic acids is 3. The van der Waals surface area contributed by atoms with E-state index in [-0.39, 0.29) is 44.3 Å². The Balaban J connectivity index is 4.61. The minimum Gasteiger partial charge on any atom is -0.480 e. The van der Waals surface area contributed by atoms with Crippen molar-refractivity contribution in [3.05, 3.63) is 0 Å². The number of Topliss-reactive ketones (excluding diaryl/α,β-unsaturated/α-hetero) is 1. The van der Waals surface area contributed by atoms with Crippen molar-refractivity contribution in [3.8, 4) is 0 Å². The van der Waals surface area contributed by atoms with Gasteiger partial charge in [0, 0.05) is 19.3 Å². The molecule has 3 atom stereocenters. The Morgan fingerprint density at radius 2 is 1.00 bits per heavy atom. The van der Waals surface area contributed by atoms with Gasteiger partial charge in [-0.2, -0.15) is 0 Å². The fourth-order valence-corrected chi connectivity index (χ4v) is 2.34. The molecule has 6 N–H and O–H groups in total. The average molecular weight is 417 g/mol. The lowest BCUT2D eigenvalue weighted by Gasteiger charge is -2.17. The highest BCUT2D eigenvalue weighted by Gasteiger charge is 2.24. The first-order valence-electron chi connectivity index (χ1n) is 8.91. The molecule has 0 saturated carbocycles. The minimum atomic E-state index is -1.40. The first-order chi connectivity index (χ1) is 13.5. The van der Waals surface area contributed by atoms with Gasteiger partial charge >= 0.3 is 17.9 Å². The summed E-state index contributed by atoms with van der Waals surface area (Å²) < 4.78 is 0. The van der Waals surface area contributed by atoms with Crippen molar-refractivity contribution in [1.29, 1.82) is 0 Å². The van der Waals surface area contributed by atoms with E-state index in [0.29, 0.717) is 0 Å². The molecule has 0 saturated heterocycles. The zero-order chi connectivity index (χ0) is 22.6. The Hall–Kier alpha value is -3.02. The fourth-order valence-electron chi connectivity index (χ4n) is 2.34. The number of hydrogen-bond donors (Lipinski definition) is 6. The molecule has 0 aliphatic carbocycles. The summed E-state index contributed by atoms with van der Waals surface area (Å²) in [6, 6.07) is -3.64. The highest BCUT2D eigenvalue weighted by molar-refractivity contribution is 5.86. The Bertz CT molecular complexity index is 636. The Morgan fingerprint density at radius 3 is 1.31 bits per heavy atom. The molecule has 164 valence electrons. The smallest absolute Gasteiger partial charge is 0.326 e. The zero-order valence-electron chi connectivity index (χ0n) is 16.3. The van der Waals surface area contributed by atoms with Crippen LogP contribution in [0.5, 0.6) is 0 Å². The van der Waals surface area contributed by atoms with E-state index < -0.39 is 47.8 Å². The third kappa shape index (κ3) is 11.4. The molecule has 0 radical (unpaired) electrons. The van der Waals surface area contributed by atoms with Gasteiger partial charge in [0.2, 0.25) is 11.8 Å². The number of carboxylic acid groups (broad SMARTS) is 3. The summed E-state index contributed by atoms with van der Waals surface area (Å²) in [5.41, 5.74) is 0. The number of ketones is 1. The van der Waals surface area contributed by atoms with E-state index in [1.54, 1.807) is 0 Å². The van der Waals surface area contributed by atoms with E-state index in [1.807, 2.05) is 0 Å². The Morgan fingerprint density at radius 1 is 0.655 bits per heavy atom. The van der Waals surface area contributed by atoms with Gasteiger partial charge in [0.1, 0.15) is 23.9 Å². The SMILES string of the molecule is CN[C@@H](CCC(=O)N[C@H](CCC(=O)N[C@@H](CCC(C)=O)C(=O)O)C(=O)O)C(=O)O. The molecule has 0 aromatic heterocycles. The van der Waals surface area contributed by atoms with Crippen LogP contribution >= 0.6 is 0 Å². The second kappa shape index (κ2) is 13.2. The van der Waals surface area contributed by atoms with Gasteiger partial charge in [0.15, 0.2) is 0 Å². The standard InChI is InChI=1S/C17H27N3O9/c1-9(21)3-4-11(16(26)27)19-14(23)8-6-12(17(28)29)20-13(22)7-5-10(18-2)15(24)25/h10-12,18H,3-8H2,1-2H3,(H,19,23)(H,20,22)(H,24,25)(H,26,27)(H,28,29)/t10-,11-,12+/m0/s1. The molecular formula is C17H27N3O9. The molecule has 12 nitrogen and oxygen atoms in total. The maximum atomic E-state index is 11.9. The summed E-state index contributed by atoms with van der Waals surface area (Å²) >= 11 is 0. The van der Waals surface area contributed by atoms with Crippen molar-refractivity contribution in [1.82, 2.24) is 16.0 Å². The van der Waals surface area contributed by atoms with Gasteiger partial charge in [-0.1, -0.05) is 0 Å². The largest absolute Gasteiger partial charge is 0.480 e. The van der Waals surface area contributed by atoms with Gasteiger partial charge < -0.3 is 36.1 Å². The molecule has 0 bridgehead atoms. The molecular weight excluding hydrogens is 390 g/mol. The van der Waals surface area contributed by atoms with E-state index >= 15 is 0 Å². The van der Waals surface area contributed by atoms with Gasteiger partial charge in [-0.3, -0.25) is 14.4 Å². The molecule has 0 aliphatic rings. The van der Waals surface area contributed by atoms with Gasteiger partial charge in [0.25, 0.3) is 0 Å². The second-order valence-electron chi connectivity index (χ2n) is 6.41. The highest BCUT2D eigenvalue weighted by atomic mass is 16.4. The van der Waals surface area contributed by atoms with Crippen LogP contribution in [0, 0.1) is 0 Å². The second-order valence-corrected chi connectivity index (χ2v) is 6.41. The van der Waals surface area contributed by atoms with Crippen LogP contribution in [0.1, 0.15) is 45.4 Å². The topological polar surface area (TPSA) is 199 Å². The van der Waals surface area contributed by atoms with Crippen molar-refractivity contribution in [2.75, 3.05) is 7.05 Å². The predicted molar refractivity (Wildman–Crippen MR) is 98.0 cm³/mol. The van der Waals surface area contributed by atoms with Gasteiger partial charge in [-0.05, 0) is 33.2 Å². The molecule has 0 aromatic carbocycles. The first kappa shape index (κ1) is 26.0. The number of carbonyl (C=O) groups excluding carboxylic acids is 3. The maximum Gasteiger partial charge on any atom is 0.326 e. The van der Waals surface area contributed by atoms with Crippen LogP contribution < -0.4 is 16.0 Å². The number of amides is 2. The summed E-state index contributed by atoms with van der Waals surface area (Å²) in [5, 5.41) is 34.0.